The predicted molar refractivity (Wildman–Crippen MR) is 119 cm³/mol. The van der Waals surface area contributed by atoms with Crippen LogP contribution in [0.5, 0.6) is 5.75 Å². The van der Waals surface area contributed by atoms with E-state index in [9.17, 15) is 0 Å². The molecule has 0 aromatic heterocycles. The lowest BCUT2D eigenvalue weighted by atomic mass is 9.95. The fourth-order valence-electron chi connectivity index (χ4n) is 3.38. The number of fused-ring (bicyclic) bond motifs is 2. The van der Waals surface area contributed by atoms with E-state index in [4.69, 9.17) is 4.74 Å². The molecule has 0 unspecified atom stereocenters. The van der Waals surface area contributed by atoms with Gasteiger partial charge in [-0.3, -0.25) is 0 Å². The summed E-state index contributed by atoms with van der Waals surface area (Å²) in [5.74, 6) is 0.948. The molecule has 1 aliphatic heterocycles. The highest BCUT2D eigenvalue weighted by molar-refractivity contribution is 7.99. The summed E-state index contributed by atoms with van der Waals surface area (Å²) in [6.45, 7) is 1.78. The predicted octanol–water partition coefficient (Wildman–Crippen LogP) is 6.07. The molecule has 4 rings (SSSR count). The summed E-state index contributed by atoms with van der Waals surface area (Å²) < 4.78 is 6.00. The van der Waals surface area contributed by atoms with E-state index in [0.29, 0.717) is 0 Å². The second kappa shape index (κ2) is 8.68. The normalized spacial score (nSPS) is 14.0. The molecule has 3 heteroatoms. The maximum absolute atomic E-state index is 6.00. The Morgan fingerprint density at radius 3 is 2.43 bits per heavy atom. The van der Waals surface area contributed by atoms with Crippen molar-refractivity contribution in [3.8, 4) is 5.75 Å². The molecular weight excluding hydrogens is 362 g/mol. The highest BCUT2D eigenvalue weighted by Gasteiger charge is 2.21. The van der Waals surface area contributed by atoms with Gasteiger partial charge in [-0.25, -0.2) is 0 Å². The zero-order chi connectivity index (χ0) is 19.3. The summed E-state index contributed by atoms with van der Waals surface area (Å²) in [4.78, 5) is 4.73. The van der Waals surface area contributed by atoms with Crippen LogP contribution >= 0.6 is 11.8 Å². The van der Waals surface area contributed by atoms with Crippen molar-refractivity contribution >= 4 is 23.4 Å². The van der Waals surface area contributed by atoms with E-state index >= 15 is 0 Å². The van der Waals surface area contributed by atoms with Crippen LogP contribution in [0, 0.1) is 0 Å². The van der Waals surface area contributed by atoms with Crippen molar-refractivity contribution in [1.29, 1.82) is 0 Å². The Bertz CT molecular complexity index is 979. The first kappa shape index (κ1) is 18.9. The third-order valence-corrected chi connectivity index (χ3v) is 5.90. The molecular formula is C25H25NOS. The lowest BCUT2D eigenvalue weighted by Crippen LogP contribution is -2.15. The molecule has 0 radical (unpaired) electrons. The summed E-state index contributed by atoms with van der Waals surface area (Å²) in [5.41, 5.74) is 5.06. The summed E-state index contributed by atoms with van der Waals surface area (Å²) in [7, 11) is 4.18. The standard InChI is InChI=1S/C25H25NOS/c1-26(2)15-8-16-27-20-13-14-22-23(17-19-9-4-3-5-10-19)21-11-6-7-12-24(21)28-25(22)18-20/h3-7,9-14,17-18H,8,15-16H2,1-2H3. The lowest BCUT2D eigenvalue weighted by molar-refractivity contribution is 0.281. The first-order valence-corrected chi connectivity index (χ1v) is 10.5. The molecule has 28 heavy (non-hydrogen) atoms. The Kier molecular flexibility index (Phi) is 5.84. The van der Waals surface area contributed by atoms with Gasteiger partial charge in [0.1, 0.15) is 5.75 Å². The SMILES string of the molecule is CN(C)CCCOc1ccc2c(c1)Sc1ccccc1C2=Cc1ccccc1. The summed E-state index contributed by atoms with van der Waals surface area (Å²) in [6.07, 6.45) is 3.31. The Morgan fingerprint density at radius 2 is 1.61 bits per heavy atom. The maximum atomic E-state index is 6.00. The van der Waals surface area contributed by atoms with Crippen LogP contribution < -0.4 is 4.74 Å². The van der Waals surface area contributed by atoms with Crippen LogP contribution in [0.3, 0.4) is 0 Å². The van der Waals surface area contributed by atoms with Crippen LogP contribution in [0.1, 0.15) is 23.1 Å². The maximum Gasteiger partial charge on any atom is 0.120 e. The third kappa shape index (κ3) is 4.32. The van der Waals surface area contributed by atoms with Crippen LogP contribution in [0.4, 0.5) is 0 Å². The van der Waals surface area contributed by atoms with Gasteiger partial charge in [0.05, 0.1) is 6.61 Å². The summed E-state index contributed by atoms with van der Waals surface area (Å²) in [6, 6.07) is 25.7. The molecule has 3 aromatic carbocycles. The van der Waals surface area contributed by atoms with Gasteiger partial charge >= 0.3 is 0 Å². The zero-order valence-electron chi connectivity index (χ0n) is 16.4. The van der Waals surface area contributed by atoms with E-state index in [2.05, 4.69) is 97.9 Å². The fourth-order valence-corrected chi connectivity index (χ4v) is 4.52. The molecule has 1 heterocycles. The van der Waals surface area contributed by atoms with E-state index in [1.165, 1.54) is 32.1 Å². The molecule has 0 N–H and O–H groups in total. The first-order chi connectivity index (χ1) is 13.7. The molecule has 2 nitrogen and oxygen atoms in total. The van der Waals surface area contributed by atoms with Crippen molar-refractivity contribution in [1.82, 2.24) is 4.90 Å². The van der Waals surface area contributed by atoms with Crippen LogP contribution in [0.25, 0.3) is 11.6 Å². The second-order valence-electron chi connectivity index (χ2n) is 7.23. The minimum Gasteiger partial charge on any atom is -0.494 e. The number of nitrogens with zero attached hydrogens (tertiary/aromatic N) is 1. The van der Waals surface area contributed by atoms with Gasteiger partial charge in [-0.2, -0.15) is 0 Å². The van der Waals surface area contributed by atoms with Crippen molar-refractivity contribution in [3.63, 3.8) is 0 Å². The Labute approximate surface area is 171 Å². The van der Waals surface area contributed by atoms with Gasteiger partial charge in [0.15, 0.2) is 0 Å². The van der Waals surface area contributed by atoms with E-state index < -0.39 is 0 Å². The molecule has 0 amide bonds. The second-order valence-corrected chi connectivity index (χ2v) is 8.31. The molecule has 3 aromatic rings. The highest BCUT2D eigenvalue weighted by atomic mass is 32.2. The minimum absolute atomic E-state index is 0.741. The topological polar surface area (TPSA) is 12.5 Å². The summed E-state index contributed by atoms with van der Waals surface area (Å²) >= 11 is 1.83. The quantitative estimate of drug-likeness (QED) is 0.373. The van der Waals surface area contributed by atoms with E-state index in [1.54, 1.807) is 0 Å². The van der Waals surface area contributed by atoms with Crippen LogP contribution in [-0.2, 0) is 0 Å². The molecule has 142 valence electrons. The molecule has 0 atom stereocenters. The van der Waals surface area contributed by atoms with Gasteiger partial charge < -0.3 is 9.64 Å². The van der Waals surface area contributed by atoms with Crippen molar-refractivity contribution in [2.75, 3.05) is 27.2 Å². The molecule has 0 fully saturated rings. The number of benzene rings is 3. The monoisotopic (exact) mass is 387 g/mol. The molecule has 0 aliphatic carbocycles. The smallest absolute Gasteiger partial charge is 0.120 e. The lowest BCUT2D eigenvalue weighted by Gasteiger charge is -2.23. The third-order valence-electron chi connectivity index (χ3n) is 4.77. The van der Waals surface area contributed by atoms with Crippen LogP contribution in [-0.4, -0.2) is 32.1 Å². The van der Waals surface area contributed by atoms with Crippen molar-refractivity contribution in [3.05, 3.63) is 89.5 Å². The van der Waals surface area contributed by atoms with Gasteiger partial charge in [0, 0.05) is 16.3 Å². The van der Waals surface area contributed by atoms with E-state index in [-0.39, 0.29) is 0 Å². The zero-order valence-corrected chi connectivity index (χ0v) is 17.2. The molecule has 0 bridgehead atoms. The van der Waals surface area contributed by atoms with E-state index in [1.807, 2.05) is 11.8 Å². The number of rotatable bonds is 6. The summed E-state index contributed by atoms with van der Waals surface area (Å²) in [5, 5.41) is 0. The van der Waals surface area contributed by atoms with Gasteiger partial charge in [0.2, 0.25) is 0 Å². The molecule has 0 saturated heterocycles. The Balaban J connectivity index is 1.65. The first-order valence-electron chi connectivity index (χ1n) is 9.67. The Hall–Kier alpha value is -2.49. The Morgan fingerprint density at radius 1 is 0.857 bits per heavy atom. The van der Waals surface area contributed by atoms with E-state index in [0.717, 1.165) is 25.3 Å². The average Bonchev–Trinajstić information content (AvgIpc) is 2.71. The fraction of sp³-hybridized carbons (Fsp3) is 0.200. The molecule has 0 saturated carbocycles. The van der Waals surface area contributed by atoms with Gasteiger partial charge in [0.25, 0.3) is 0 Å². The highest BCUT2D eigenvalue weighted by Crippen LogP contribution is 2.47. The van der Waals surface area contributed by atoms with Gasteiger partial charge in [-0.05, 0) is 73.1 Å². The van der Waals surface area contributed by atoms with Crippen LogP contribution in [0.15, 0.2) is 82.6 Å². The number of hydrogen-bond donors (Lipinski definition) is 0. The van der Waals surface area contributed by atoms with Gasteiger partial charge in [-0.1, -0.05) is 60.3 Å². The number of hydrogen-bond acceptors (Lipinski definition) is 3. The average molecular weight is 388 g/mol. The van der Waals surface area contributed by atoms with Crippen molar-refractivity contribution in [2.24, 2.45) is 0 Å². The van der Waals surface area contributed by atoms with Gasteiger partial charge in [-0.15, -0.1) is 0 Å². The largest absolute Gasteiger partial charge is 0.494 e. The molecule has 1 aliphatic rings. The minimum atomic E-state index is 0.741. The van der Waals surface area contributed by atoms with Crippen molar-refractivity contribution < 1.29 is 4.74 Å². The van der Waals surface area contributed by atoms with Crippen molar-refractivity contribution in [2.45, 2.75) is 16.2 Å². The molecule has 0 spiro atoms. The van der Waals surface area contributed by atoms with Crippen LogP contribution in [0.2, 0.25) is 0 Å². The number of ether oxygens (including phenoxy) is 1.